The molecular formula is C24H28F4N4O. The lowest BCUT2D eigenvalue weighted by Gasteiger charge is -2.41. The molecule has 0 fully saturated rings. The van der Waals surface area contributed by atoms with Gasteiger partial charge < -0.3 is 15.0 Å². The third-order valence-corrected chi connectivity index (χ3v) is 5.96. The molecule has 0 bridgehead atoms. The average molecular weight is 465 g/mol. The number of H-pyrrole nitrogens is 1. The first-order chi connectivity index (χ1) is 15.9. The number of ether oxygens (including phenoxy) is 1. The topological polar surface area (TPSA) is 53.2 Å². The van der Waals surface area contributed by atoms with E-state index in [0.717, 1.165) is 22.2 Å². The number of rotatable bonds is 9. The van der Waals surface area contributed by atoms with Gasteiger partial charge in [-0.2, -0.15) is 13.2 Å². The summed E-state index contributed by atoms with van der Waals surface area (Å²) in [5.41, 5.74) is 3.37. The Kier molecular flexibility index (Phi) is 7.19. The number of hydrogen-bond acceptors (Lipinski definition) is 4. The summed E-state index contributed by atoms with van der Waals surface area (Å²) in [4.78, 5) is 9.11. The van der Waals surface area contributed by atoms with Crippen LogP contribution in [0.1, 0.15) is 36.2 Å². The van der Waals surface area contributed by atoms with E-state index in [0.29, 0.717) is 43.9 Å². The zero-order chi connectivity index (χ0) is 23.4. The molecule has 2 aromatic heterocycles. The lowest BCUT2D eigenvalue weighted by molar-refractivity contribution is -0.155. The van der Waals surface area contributed by atoms with Gasteiger partial charge >= 0.3 is 6.18 Å². The van der Waals surface area contributed by atoms with Gasteiger partial charge in [0, 0.05) is 35.4 Å². The number of nitrogens with zero attached hydrogens (tertiary/aromatic N) is 2. The molecule has 1 aliphatic rings. The van der Waals surface area contributed by atoms with Crippen LogP contribution in [0, 0.1) is 0 Å². The van der Waals surface area contributed by atoms with E-state index in [4.69, 9.17) is 4.74 Å². The highest BCUT2D eigenvalue weighted by atomic mass is 19.4. The zero-order valence-electron chi connectivity index (χ0n) is 18.5. The Labute approximate surface area is 190 Å². The highest BCUT2D eigenvalue weighted by Gasteiger charge is 2.42. The minimum Gasteiger partial charge on any atom is -0.491 e. The van der Waals surface area contributed by atoms with Gasteiger partial charge in [0.2, 0.25) is 0 Å². The quantitative estimate of drug-likeness (QED) is 0.353. The Bertz CT molecular complexity index is 1070. The second-order valence-corrected chi connectivity index (χ2v) is 8.40. The van der Waals surface area contributed by atoms with E-state index in [1.807, 2.05) is 31.2 Å². The highest BCUT2D eigenvalue weighted by Crippen LogP contribution is 2.42. The fraction of sp³-hybridized carbons (Fsp3) is 0.458. The van der Waals surface area contributed by atoms with Crippen molar-refractivity contribution in [3.05, 3.63) is 59.5 Å². The third-order valence-electron chi connectivity index (χ3n) is 5.96. The molecule has 0 saturated carbocycles. The van der Waals surface area contributed by atoms with Gasteiger partial charge in [-0.05, 0) is 49.6 Å². The Balaban J connectivity index is 1.64. The monoisotopic (exact) mass is 464 g/mol. The molecule has 0 amide bonds. The van der Waals surface area contributed by atoms with E-state index >= 15 is 0 Å². The number of halogens is 4. The molecule has 1 aliphatic heterocycles. The molecule has 0 saturated heterocycles. The largest absolute Gasteiger partial charge is 0.491 e. The number of aromatic nitrogens is 2. The zero-order valence-corrected chi connectivity index (χ0v) is 18.5. The van der Waals surface area contributed by atoms with E-state index in [2.05, 4.69) is 15.3 Å². The molecule has 2 N–H and O–H groups in total. The van der Waals surface area contributed by atoms with Crippen molar-refractivity contribution >= 4 is 10.9 Å². The molecule has 4 rings (SSSR count). The van der Waals surface area contributed by atoms with Crippen molar-refractivity contribution in [2.24, 2.45) is 0 Å². The first kappa shape index (κ1) is 23.5. The number of aromatic amines is 1. The van der Waals surface area contributed by atoms with Crippen molar-refractivity contribution in [2.45, 2.75) is 38.0 Å². The van der Waals surface area contributed by atoms with Crippen LogP contribution in [0.4, 0.5) is 17.6 Å². The normalized spacial score (nSPS) is 19.1. The Morgan fingerprint density at radius 1 is 1.21 bits per heavy atom. The summed E-state index contributed by atoms with van der Waals surface area (Å²) < 4.78 is 58.5. The van der Waals surface area contributed by atoms with Crippen LogP contribution in [0.3, 0.4) is 0 Å². The van der Waals surface area contributed by atoms with Gasteiger partial charge in [0.05, 0.1) is 25.5 Å². The van der Waals surface area contributed by atoms with Crippen LogP contribution >= 0.6 is 0 Å². The first-order valence-electron chi connectivity index (χ1n) is 11.1. The summed E-state index contributed by atoms with van der Waals surface area (Å²) in [5, 5.41) is 4.12. The van der Waals surface area contributed by atoms with E-state index in [1.165, 1.54) is 4.90 Å². The molecule has 5 nitrogen and oxygen atoms in total. The molecular weight excluding hydrogens is 436 g/mol. The number of pyridine rings is 1. The van der Waals surface area contributed by atoms with Crippen molar-refractivity contribution in [3.8, 4) is 5.75 Å². The smallest absolute Gasteiger partial charge is 0.401 e. The van der Waals surface area contributed by atoms with Gasteiger partial charge in [-0.1, -0.05) is 18.2 Å². The number of alkyl halides is 4. The molecule has 9 heteroatoms. The fourth-order valence-electron chi connectivity index (χ4n) is 4.54. The summed E-state index contributed by atoms with van der Waals surface area (Å²) in [6.45, 7) is 1.90. The third kappa shape index (κ3) is 5.47. The SMILES string of the molecule is C[C@@H]1Cc2c([nH]c3ccccc23)C(c2cncc(OCCNCCCF)c2)N1CC(F)(F)F. The van der Waals surface area contributed by atoms with E-state index < -0.39 is 18.8 Å². The Hall–Kier alpha value is -2.65. The predicted molar refractivity (Wildman–Crippen MR) is 119 cm³/mol. The molecule has 3 heterocycles. The van der Waals surface area contributed by atoms with Gasteiger partial charge in [-0.3, -0.25) is 14.3 Å². The maximum atomic E-state index is 13.5. The van der Waals surface area contributed by atoms with Crippen LogP contribution < -0.4 is 10.1 Å². The maximum absolute atomic E-state index is 13.5. The lowest BCUT2D eigenvalue weighted by atomic mass is 9.89. The molecule has 1 aromatic carbocycles. The second-order valence-electron chi connectivity index (χ2n) is 8.40. The van der Waals surface area contributed by atoms with Crippen molar-refractivity contribution in [3.63, 3.8) is 0 Å². The molecule has 2 atom stereocenters. The standard InChI is InChI=1S/C24H28F4N4O/c1-16-11-20-19-5-2-3-6-21(19)31-22(20)23(32(16)15-24(26,27)28)17-12-18(14-30-13-17)33-10-9-29-8-4-7-25/h2-3,5-6,12-14,16,23,29,31H,4,7-11,15H2,1H3/t16-,23?/m1/s1. The summed E-state index contributed by atoms with van der Waals surface area (Å²) in [5.74, 6) is 0.489. The van der Waals surface area contributed by atoms with Crippen molar-refractivity contribution in [1.82, 2.24) is 20.2 Å². The van der Waals surface area contributed by atoms with Gasteiger partial charge in [0.15, 0.2) is 0 Å². The van der Waals surface area contributed by atoms with E-state index in [1.54, 1.807) is 18.5 Å². The number of fused-ring (bicyclic) bond motifs is 3. The predicted octanol–water partition coefficient (Wildman–Crippen LogP) is 4.79. The van der Waals surface area contributed by atoms with Crippen LogP contribution in [-0.2, 0) is 6.42 Å². The summed E-state index contributed by atoms with van der Waals surface area (Å²) in [6, 6.07) is 8.61. The van der Waals surface area contributed by atoms with Gasteiger partial charge in [-0.25, -0.2) is 0 Å². The highest BCUT2D eigenvalue weighted by molar-refractivity contribution is 5.85. The molecule has 33 heavy (non-hydrogen) atoms. The lowest BCUT2D eigenvalue weighted by Crippen LogP contribution is -2.47. The van der Waals surface area contributed by atoms with Crippen LogP contribution in [0.25, 0.3) is 10.9 Å². The van der Waals surface area contributed by atoms with Gasteiger partial charge in [-0.15, -0.1) is 0 Å². The molecule has 178 valence electrons. The second kappa shape index (κ2) is 10.1. The van der Waals surface area contributed by atoms with Gasteiger partial charge in [0.25, 0.3) is 0 Å². The molecule has 0 spiro atoms. The summed E-state index contributed by atoms with van der Waals surface area (Å²) >= 11 is 0. The number of benzene rings is 1. The molecule has 1 unspecified atom stereocenters. The van der Waals surface area contributed by atoms with E-state index in [9.17, 15) is 17.6 Å². The number of nitrogens with one attached hydrogen (secondary N) is 2. The first-order valence-corrected chi connectivity index (χ1v) is 11.1. The fourth-order valence-corrected chi connectivity index (χ4v) is 4.54. The van der Waals surface area contributed by atoms with Crippen LogP contribution in [0.2, 0.25) is 0 Å². The number of para-hydroxylation sites is 1. The van der Waals surface area contributed by atoms with E-state index in [-0.39, 0.29) is 12.7 Å². The van der Waals surface area contributed by atoms with Crippen molar-refractivity contribution in [1.29, 1.82) is 0 Å². The van der Waals surface area contributed by atoms with Gasteiger partial charge in [0.1, 0.15) is 12.4 Å². The Morgan fingerprint density at radius 3 is 2.82 bits per heavy atom. The van der Waals surface area contributed by atoms with Crippen molar-refractivity contribution < 1.29 is 22.3 Å². The Morgan fingerprint density at radius 2 is 2.03 bits per heavy atom. The number of hydrogen-bond donors (Lipinski definition) is 2. The molecule has 0 aliphatic carbocycles. The molecule has 0 radical (unpaired) electrons. The average Bonchev–Trinajstić information content (AvgIpc) is 3.14. The minimum atomic E-state index is -4.33. The van der Waals surface area contributed by atoms with Crippen molar-refractivity contribution in [2.75, 3.05) is 32.9 Å². The minimum absolute atomic E-state index is 0.312. The maximum Gasteiger partial charge on any atom is 0.401 e. The summed E-state index contributed by atoms with van der Waals surface area (Å²) in [6.07, 6.45) is -0.201. The van der Waals surface area contributed by atoms with Crippen LogP contribution in [-0.4, -0.2) is 60.0 Å². The summed E-state index contributed by atoms with van der Waals surface area (Å²) in [7, 11) is 0. The molecule has 3 aromatic rings. The van der Waals surface area contributed by atoms with Crippen LogP contribution in [0.15, 0.2) is 42.7 Å². The van der Waals surface area contributed by atoms with Crippen LogP contribution in [0.5, 0.6) is 5.75 Å².